The van der Waals surface area contributed by atoms with Gasteiger partial charge < -0.3 is 9.80 Å². The van der Waals surface area contributed by atoms with Crippen LogP contribution in [0.15, 0.2) is 0 Å². The van der Waals surface area contributed by atoms with E-state index in [1.165, 1.54) is 12.8 Å². The Kier molecular flexibility index (Phi) is 6.49. The number of likely N-dealkylation sites (tertiary alicyclic amines) is 2. The first-order valence-electron chi connectivity index (χ1n) is 9.72. The van der Waals surface area contributed by atoms with Crippen LogP contribution in [0.3, 0.4) is 0 Å². The highest BCUT2D eigenvalue weighted by Gasteiger charge is 2.25. The van der Waals surface area contributed by atoms with Crippen molar-refractivity contribution in [1.82, 2.24) is 19.6 Å². The van der Waals surface area contributed by atoms with Crippen LogP contribution >= 0.6 is 0 Å². The van der Waals surface area contributed by atoms with Crippen molar-refractivity contribution >= 4 is 11.8 Å². The highest BCUT2D eigenvalue weighted by atomic mass is 16.2. The summed E-state index contributed by atoms with van der Waals surface area (Å²) in [5.41, 5.74) is 0. The Hall–Kier alpha value is -1.14. The minimum absolute atomic E-state index is 0.279. The fourth-order valence-electron chi connectivity index (χ4n) is 3.97. The first-order chi connectivity index (χ1) is 11.7. The van der Waals surface area contributed by atoms with Gasteiger partial charge in [0.05, 0.1) is 13.1 Å². The summed E-state index contributed by atoms with van der Waals surface area (Å²) in [6.07, 6.45) is 7.12. The molecule has 0 saturated carbocycles. The first kappa shape index (κ1) is 17.7. The van der Waals surface area contributed by atoms with E-state index in [-0.39, 0.29) is 5.91 Å². The van der Waals surface area contributed by atoms with Gasteiger partial charge in [-0.25, -0.2) is 0 Å². The molecule has 136 valence electrons. The fraction of sp³-hybridized carbons (Fsp3) is 0.889. The Morgan fingerprint density at radius 1 is 0.500 bits per heavy atom. The molecule has 0 aromatic carbocycles. The minimum atomic E-state index is 0.279. The molecule has 3 heterocycles. The Morgan fingerprint density at radius 3 is 1.21 bits per heavy atom. The number of hydrogen-bond acceptors (Lipinski definition) is 4. The number of piperazine rings is 1. The number of amides is 2. The molecule has 0 unspecified atom stereocenters. The van der Waals surface area contributed by atoms with E-state index in [0.29, 0.717) is 19.0 Å². The van der Waals surface area contributed by atoms with Crippen LogP contribution in [0, 0.1) is 0 Å². The average molecular weight is 336 g/mol. The third-order valence-electron chi connectivity index (χ3n) is 5.60. The van der Waals surface area contributed by atoms with Crippen molar-refractivity contribution in [2.75, 3.05) is 65.4 Å². The minimum Gasteiger partial charge on any atom is -0.342 e. The van der Waals surface area contributed by atoms with Gasteiger partial charge >= 0.3 is 0 Å². The smallest absolute Gasteiger partial charge is 0.236 e. The van der Waals surface area contributed by atoms with Crippen LogP contribution in [0.5, 0.6) is 0 Å². The lowest BCUT2D eigenvalue weighted by atomic mass is 10.2. The zero-order valence-corrected chi connectivity index (χ0v) is 14.9. The van der Waals surface area contributed by atoms with Crippen molar-refractivity contribution in [2.45, 2.75) is 38.5 Å². The molecule has 0 aliphatic carbocycles. The molecule has 0 bridgehead atoms. The molecule has 3 rings (SSSR count). The summed E-state index contributed by atoms with van der Waals surface area (Å²) < 4.78 is 0. The van der Waals surface area contributed by atoms with Gasteiger partial charge in [0.1, 0.15) is 0 Å². The van der Waals surface area contributed by atoms with Crippen molar-refractivity contribution in [2.24, 2.45) is 0 Å². The molecule has 24 heavy (non-hydrogen) atoms. The molecule has 3 aliphatic rings. The molecule has 0 atom stereocenters. The summed E-state index contributed by atoms with van der Waals surface area (Å²) in [7, 11) is 0. The maximum atomic E-state index is 12.5. The van der Waals surface area contributed by atoms with Crippen molar-refractivity contribution in [3.05, 3.63) is 0 Å². The second kappa shape index (κ2) is 8.81. The topological polar surface area (TPSA) is 47.1 Å². The monoisotopic (exact) mass is 336 g/mol. The Bertz CT molecular complexity index is 421. The number of nitrogens with zero attached hydrogens (tertiary/aromatic N) is 4. The molecule has 0 N–H and O–H groups in total. The normalized spacial score (nSPS) is 24.2. The van der Waals surface area contributed by atoms with E-state index < -0.39 is 0 Å². The van der Waals surface area contributed by atoms with E-state index in [4.69, 9.17) is 0 Å². The van der Waals surface area contributed by atoms with Crippen LogP contribution in [-0.4, -0.2) is 96.9 Å². The molecule has 3 fully saturated rings. The molecular formula is C18H32N4O2. The second-order valence-corrected chi connectivity index (χ2v) is 7.44. The third-order valence-corrected chi connectivity index (χ3v) is 5.60. The van der Waals surface area contributed by atoms with Gasteiger partial charge in [-0.15, -0.1) is 0 Å². The maximum Gasteiger partial charge on any atom is 0.236 e. The van der Waals surface area contributed by atoms with E-state index in [2.05, 4.69) is 14.7 Å². The Labute approximate surface area is 145 Å². The number of rotatable bonds is 4. The van der Waals surface area contributed by atoms with Crippen molar-refractivity contribution in [3.8, 4) is 0 Å². The van der Waals surface area contributed by atoms with Crippen molar-refractivity contribution < 1.29 is 9.59 Å². The molecule has 0 aromatic heterocycles. The maximum absolute atomic E-state index is 12.5. The van der Waals surface area contributed by atoms with E-state index in [1.807, 2.05) is 4.90 Å². The van der Waals surface area contributed by atoms with Gasteiger partial charge in [0.15, 0.2) is 0 Å². The van der Waals surface area contributed by atoms with Crippen LogP contribution in [0.4, 0.5) is 0 Å². The van der Waals surface area contributed by atoms with Crippen LogP contribution < -0.4 is 0 Å². The quantitative estimate of drug-likeness (QED) is 0.755. The summed E-state index contributed by atoms with van der Waals surface area (Å²) in [6.45, 7) is 8.42. The van der Waals surface area contributed by atoms with Crippen LogP contribution in [0.25, 0.3) is 0 Å². The van der Waals surface area contributed by atoms with Gasteiger partial charge in [-0.3, -0.25) is 19.4 Å². The molecule has 0 spiro atoms. The van der Waals surface area contributed by atoms with Crippen LogP contribution in [0.1, 0.15) is 38.5 Å². The van der Waals surface area contributed by atoms with Crippen molar-refractivity contribution in [3.63, 3.8) is 0 Å². The molecule has 0 aromatic rings. The van der Waals surface area contributed by atoms with Gasteiger partial charge in [-0.1, -0.05) is 12.8 Å². The molecule has 2 amide bonds. The Balaban J connectivity index is 1.36. The average Bonchev–Trinajstić information content (AvgIpc) is 2.99. The predicted octanol–water partition coefficient (Wildman–Crippen LogP) is 0.629. The van der Waals surface area contributed by atoms with E-state index in [9.17, 15) is 9.59 Å². The highest BCUT2D eigenvalue weighted by molar-refractivity contribution is 5.79. The number of carbonyl (C=O) groups is 2. The summed E-state index contributed by atoms with van der Waals surface area (Å²) in [5.74, 6) is 0.570. The lowest BCUT2D eigenvalue weighted by Gasteiger charge is -2.35. The largest absolute Gasteiger partial charge is 0.342 e. The third kappa shape index (κ3) is 4.93. The van der Waals surface area contributed by atoms with Gasteiger partial charge in [0, 0.05) is 52.4 Å². The number of carbonyl (C=O) groups excluding carboxylic acids is 2. The summed E-state index contributed by atoms with van der Waals surface area (Å²) in [6, 6.07) is 0. The van der Waals surface area contributed by atoms with E-state index >= 15 is 0 Å². The molecule has 6 heteroatoms. The lowest BCUT2D eigenvalue weighted by Crippen LogP contribution is -2.52. The molecule has 3 saturated heterocycles. The van der Waals surface area contributed by atoms with Gasteiger partial charge in [0.25, 0.3) is 0 Å². The van der Waals surface area contributed by atoms with Crippen LogP contribution in [0.2, 0.25) is 0 Å². The summed E-state index contributed by atoms with van der Waals surface area (Å²) >= 11 is 0. The molecule has 0 radical (unpaired) electrons. The van der Waals surface area contributed by atoms with E-state index in [0.717, 1.165) is 78.0 Å². The second-order valence-electron chi connectivity index (χ2n) is 7.44. The molecule has 3 aliphatic heterocycles. The number of hydrogen-bond donors (Lipinski definition) is 0. The van der Waals surface area contributed by atoms with Crippen molar-refractivity contribution in [1.29, 1.82) is 0 Å². The fourth-order valence-corrected chi connectivity index (χ4v) is 3.97. The van der Waals surface area contributed by atoms with Gasteiger partial charge in [-0.2, -0.15) is 0 Å². The standard InChI is InChI=1S/C18H32N4O2/c23-17(21-7-3-1-2-4-8-21)15-19-11-13-20(14-12-19)16-18(24)22-9-5-6-10-22/h1-16H2. The molecule has 6 nitrogen and oxygen atoms in total. The van der Waals surface area contributed by atoms with Gasteiger partial charge in [-0.05, 0) is 25.7 Å². The van der Waals surface area contributed by atoms with E-state index in [1.54, 1.807) is 0 Å². The SMILES string of the molecule is O=C(CN1CCN(CC(=O)N2CCCC2)CC1)N1CCCCCC1. The van der Waals surface area contributed by atoms with Crippen LogP contribution in [-0.2, 0) is 9.59 Å². The zero-order valence-electron chi connectivity index (χ0n) is 14.9. The first-order valence-corrected chi connectivity index (χ1v) is 9.72. The zero-order chi connectivity index (χ0) is 16.8. The highest BCUT2D eigenvalue weighted by Crippen LogP contribution is 2.12. The van der Waals surface area contributed by atoms with Gasteiger partial charge in [0.2, 0.25) is 11.8 Å². The summed E-state index contributed by atoms with van der Waals surface area (Å²) in [4.78, 5) is 33.2. The lowest BCUT2D eigenvalue weighted by molar-refractivity contribution is -0.134. The Morgan fingerprint density at radius 2 is 0.833 bits per heavy atom. The predicted molar refractivity (Wildman–Crippen MR) is 93.7 cm³/mol. The summed E-state index contributed by atoms with van der Waals surface area (Å²) in [5, 5.41) is 0. The molecular weight excluding hydrogens is 304 g/mol.